The van der Waals surface area contributed by atoms with E-state index in [2.05, 4.69) is 46.0 Å². The highest BCUT2D eigenvalue weighted by molar-refractivity contribution is 7.99. The van der Waals surface area contributed by atoms with Gasteiger partial charge in [-0.05, 0) is 55.0 Å². The molecule has 3 heterocycles. The van der Waals surface area contributed by atoms with E-state index in [1.807, 2.05) is 61.5 Å². The minimum Gasteiger partial charge on any atom is -0.487 e. The molecule has 0 saturated carbocycles. The van der Waals surface area contributed by atoms with E-state index >= 15 is 0 Å². The number of para-hydroxylation sites is 2. The van der Waals surface area contributed by atoms with Crippen molar-refractivity contribution >= 4 is 71.4 Å². The van der Waals surface area contributed by atoms with Gasteiger partial charge in [-0.25, -0.2) is 20.2 Å². The van der Waals surface area contributed by atoms with Crippen molar-refractivity contribution in [2.45, 2.75) is 37.3 Å². The number of carbonyl (C=O) groups excluding carboxylic acids is 3. The van der Waals surface area contributed by atoms with Crippen LogP contribution in [0.25, 0.3) is 17.0 Å². The molecule has 43 heavy (non-hydrogen) atoms. The molecule has 4 aromatic rings. The number of amides is 1. The quantitative estimate of drug-likeness (QED) is 0.0709. The molecule has 0 aliphatic carbocycles. The van der Waals surface area contributed by atoms with Crippen LogP contribution in [-0.4, -0.2) is 44.5 Å². The summed E-state index contributed by atoms with van der Waals surface area (Å²) in [5.41, 5.74) is 6.64. The van der Waals surface area contributed by atoms with Gasteiger partial charge < -0.3 is 14.8 Å². The first-order valence-electron chi connectivity index (χ1n) is 13.3. The summed E-state index contributed by atoms with van der Waals surface area (Å²) in [6, 6.07) is 19.1. The summed E-state index contributed by atoms with van der Waals surface area (Å²) in [4.78, 5) is 46.1. The second-order valence-electron chi connectivity index (χ2n) is 9.76. The van der Waals surface area contributed by atoms with E-state index < -0.39 is 28.6 Å². The van der Waals surface area contributed by atoms with Crippen LogP contribution >= 0.6 is 25.3 Å². The van der Waals surface area contributed by atoms with Gasteiger partial charge in [-0.2, -0.15) is 25.3 Å². The lowest BCUT2D eigenvalue weighted by molar-refractivity contribution is -0.158. The smallest absolute Gasteiger partial charge is 0.335 e. The number of nitrogens with zero attached hydrogens (tertiary/aromatic N) is 3. The number of nitrogens with one attached hydrogen (secondary N) is 2. The molecule has 0 spiro atoms. The van der Waals surface area contributed by atoms with Gasteiger partial charge in [0.05, 0.1) is 5.69 Å². The summed E-state index contributed by atoms with van der Waals surface area (Å²) in [5, 5.41) is 5.12. The number of benzene rings is 2. The number of carbonyl (C=O) groups is 3. The number of hydrazine groups is 1. The molecule has 12 heteroatoms. The maximum absolute atomic E-state index is 13.2. The third kappa shape index (κ3) is 7.16. The van der Waals surface area contributed by atoms with Gasteiger partial charge in [-0.1, -0.05) is 36.4 Å². The van der Waals surface area contributed by atoms with Crippen LogP contribution in [0.2, 0.25) is 0 Å². The van der Waals surface area contributed by atoms with E-state index in [4.69, 9.17) is 9.47 Å². The molecule has 10 nitrogen and oxygen atoms in total. The number of pyridine rings is 2. The second-order valence-corrected chi connectivity index (χ2v) is 11.3. The number of aryl methyl sites for hydroxylation is 1. The van der Waals surface area contributed by atoms with Gasteiger partial charge >= 0.3 is 5.97 Å². The molecule has 5 rings (SSSR count). The van der Waals surface area contributed by atoms with Gasteiger partial charge in [0, 0.05) is 29.8 Å². The molecular weight excluding hydrogens is 587 g/mol. The Morgan fingerprint density at radius 1 is 1.12 bits per heavy atom. The Kier molecular flexibility index (Phi) is 9.29. The SMILES string of the molecule is CC(=O)Nc1ccc(/C=C/C(=O)C2NN(c3ccccc3COc3cccc4ccc(C)nc34)C(C(S)S)OC2=O)cn1. The molecule has 1 amide bonds. The maximum Gasteiger partial charge on any atom is 0.335 e. The minimum absolute atomic E-state index is 0.174. The fourth-order valence-electron chi connectivity index (χ4n) is 4.48. The minimum atomic E-state index is -1.32. The van der Waals surface area contributed by atoms with E-state index in [0.29, 0.717) is 22.8 Å². The van der Waals surface area contributed by atoms with Crippen LogP contribution in [0.1, 0.15) is 23.7 Å². The highest BCUT2D eigenvalue weighted by atomic mass is 32.2. The first-order valence-corrected chi connectivity index (χ1v) is 14.4. The van der Waals surface area contributed by atoms with Crippen molar-refractivity contribution in [1.29, 1.82) is 0 Å². The average molecular weight is 616 g/mol. The van der Waals surface area contributed by atoms with Gasteiger partial charge in [0.1, 0.15) is 28.3 Å². The molecule has 1 aliphatic heterocycles. The van der Waals surface area contributed by atoms with Gasteiger partial charge in [0.25, 0.3) is 0 Å². The van der Waals surface area contributed by atoms with Crippen molar-refractivity contribution in [2.75, 3.05) is 10.3 Å². The molecule has 2 aromatic carbocycles. The lowest BCUT2D eigenvalue weighted by Gasteiger charge is -2.41. The van der Waals surface area contributed by atoms with E-state index in [-0.39, 0.29) is 12.5 Å². The Hall–Kier alpha value is -4.39. The number of ketones is 1. The van der Waals surface area contributed by atoms with Crippen LogP contribution in [0.5, 0.6) is 5.75 Å². The Morgan fingerprint density at radius 3 is 2.67 bits per heavy atom. The third-order valence-corrected chi connectivity index (χ3v) is 7.03. The summed E-state index contributed by atoms with van der Waals surface area (Å²) in [6.45, 7) is 3.48. The van der Waals surface area contributed by atoms with E-state index in [1.165, 1.54) is 25.3 Å². The number of cyclic esters (lactones) is 1. The van der Waals surface area contributed by atoms with Crippen LogP contribution in [0.4, 0.5) is 11.5 Å². The summed E-state index contributed by atoms with van der Waals surface area (Å²) >= 11 is 8.84. The fraction of sp³-hybridized carbons (Fsp3) is 0.194. The largest absolute Gasteiger partial charge is 0.487 e. The Bertz CT molecular complexity index is 1700. The first kappa shape index (κ1) is 30.1. The number of thiol groups is 2. The number of ether oxygens (including phenoxy) is 2. The monoisotopic (exact) mass is 615 g/mol. The number of rotatable bonds is 9. The molecule has 1 saturated heterocycles. The predicted octanol–water partition coefficient (Wildman–Crippen LogP) is 4.51. The summed E-state index contributed by atoms with van der Waals surface area (Å²) in [5.74, 6) is -0.509. The zero-order valence-corrected chi connectivity index (χ0v) is 25.1. The maximum atomic E-state index is 13.2. The van der Waals surface area contributed by atoms with Crippen LogP contribution < -0.4 is 20.5 Å². The van der Waals surface area contributed by atoms with E-state index in [9.17, 15) is 14.4 Å². The van der Waals surface area contributed by atoms with Crippen LogP contribution in [0.15, 0.2) is 79.0 Å². The Labute approximate surface area is 259 Å². The molecule has 0 radical (unpaired) electrons. The van der Waals surface area contributed by atoms with E-state index in [1.54, 1.807) is 17.1 Å². The van der Waals surface area contributed by atoms with Crippen molar-refractivity contribution in [1.82, 2.24) is 15.4 Å². The van der Waals surface area contributed by atoms with Crippen molar-refractivity contribution < 1.29 is 23.9 Å². The summed E-state index contributed by atoms with van der Waals surface area (Å²) in [7, 11) is 0. The lowest BCUT2D eigenvalue weighted by atomic mass is 10.1. The normalized spacial score (nSPS) is 16.9. The molecule has 220 valence electrons. The zero-order chi connectivity index (χ0) is 30.5. The highest BCUT2D eigenvalue weighted by Crippen LogP contribution is 2.30. The fourth-order valence-corrected chi connectivity index (χ4v) is 4.86. The second kappa shape index (κ2) is 13.3. The topological polar surface area (TPSA) is 123 Å². The van der Waals surface area contributed by atoms with Crippen LogP contribution in [0, 0.1) is 6.92 Å². The number of fused-ring (bicyclic) bond motifs is 1. The highest BCUT2D eigenvalue weighted by Gasteiger charge is 2.41. The number of anilines is 2. The molecule has 2 unspecified atom stereocenters. The van der Waals surface area contributed by atoms with Crippen molar-refractivity contribution in [2.24, 2.45) is 0 Å². The van der Waals surface area contributed by atoms with Gasteiger partial charge in [-0.15, -0.1) is 0 Å². The van der Waals surface area contributed by atoms with Gasteiger partial charge in [0.2, 0.25) is 12.1 Å². The van der Waals surface area contributed by atoms with Gasteiger partial charge in [0.15, 0.2) is 11.8 Å². The number of hydrogen-bond acceptors (Lipinski definition) is 11. The summed E-state index contributed by atoms with van der Waals surface area (Å²) < 4.78 is 11.2. The predicted molar refractivity (Wildman–Crippen MR) is 171 cm³/mol. The van der Waals surface area contributed by atoms with Gasteiger partial charge in [-0.3, -0.25) is 14.6 Å². The molecule has 2 aromatic heterocycles. The molecular formula is C31H29N5O5S2. The Balaban J connectivity index is 1.36. The molecule has 1 aliphatic rings. The first-order chi connectivity index (χ1) is 20.7. The number of esters is 1. The molecule has 2 N–H and O–H groups in total. The molecule has 2 atom stereocenters. The van der Waals surface area contributed by atoms with E-state index in [0.717, 1.165) is 22.2 Å². The third-order valence-electron chi connectivity index (χ3n) is 6.52. The van der Waals surface area contributed by atoms with Crippen molar-refractivity contribution in [3.63, 3.8) is 0 Å². The Morgan fingerprint density at radius 2 is 1.93 bits per heavy atom. The van der Waals surface area contributed by atoms with Crippen molar-refractivity contribution in [3.05, 3.63) is 95.8 Å². The lowest BCUT2D eigenvalue weighted by Crippen LogP contribution is -2.64. The molecule has 1 fully saturated rings. The van der Waals surface area contributed by atoms with Crippen LogP contribution in [0.3, 0.4) is 0 Å². The standard InChI is InChI=1S/C31H29N5O5S2/c1-18-10-13-21-7-5-9-25(27(21)33-18)40-17-22-6-3-4-8-23(22)36-29(31(42)43)41-30(39)28(35-36)24(38)14-11-20-12-15-26(32-16-20)34-19(2)37/h3-16,28-29,31,35,42-43H,17H2,1-2H3,(H,32,34,37)/b14-11+. The van der Waals surface area contributed by atoms with Crippen LogP contribution in [-0.2, 0) is 25.7 Å². The zero-order valence-electron chi connectivity index (χ0n) is 23.3. The summed E-state index contributed by atoms with van der Waals surface area (Å²) in [6.07, 6.45) is 3.37. The number of aromatic nitrogens is 2. The van der Waals surface area contributed by atoms with Crippen molar-refractivity contribution in [3.8, 4) is 5.75 Å². The average Bonchev–Trinajstić information content (AvgIpc) is 2.99. The molecule has 0 bridgehead atoms. The number of hydrogen-bond donors (Lipinski definition) is 4.